The van der Waals surface area contributed by atoms with Crippen molar-refractivity contribution in [3.05, 3.63) is 57.0 Å². The Morgan fingerprint density at radius 3 is 2.58 bits per heavy atom. The van der Waals surface area contributed by atoms with Gasteiger partial charge in [-0.2, -0.15) is 0 Å². The molecule has 0 fully saturated rings. The Bertz CT molecular complexity index is 946. The Balaban J connectivity index is 1.65. The summed E-state index contributed by atoms with van der Waals surface area (Å²) >= 11 is 16.7. The SMILES string of the molecule is Cn1c(SCC(=O)Nc2ccc(Br)cc2)nnc1-c1ccc(Cl)c(Cl)c1. The summed E-state index contributed by atoms with van der Waals surface area (Å²) < 4.78 is 2.77. The zero-order valence-corrected chi connectivity index (χ0v) is 17.5. The molecule has 0 unspecified atom stereocenters. The molecule has 0 bridgehead atoms. The number of hydrogen-bond acceptors (Lipinski definition) is 4. The van der Waals surface area contributed by atoms with Crippen LogP contribution in [-0.4, -0.2) is 26.4 Å². The van der Waals surface area contributed by atoms with E-state index in [1.54, 1.807) is 12.1 Å². The minimum atomic E-state index is -0.114. The van der Waals surface area contributed by atoms with Gasteiger partial charge in [0.2, 0.25) is 5.91 Å². The van der Waals surface area contributed by atoms with Gasteiger partial charge >= 0.3 is 0 Å². The average Bonchev–Trinajstić information content (AvgIpc) is 2.98. The normalized spacial score (nSPS) is 10.8. The molecule has 1 aromatic heterocycles. The Kier molecular flexibility index (Phi) is 6.24. The topological polar surface area (TPSA) is 59.8 Å². The monoisotopic (exact) mass is 470 g/mol. The van der Waals surface area contributed by atoms with Crippen LogP contribution in [0.3, 0.4) is 0 Å². The summed E-state index contributed by atoms with van der Waals surface area (Å²) in [5, 5.41) is 12.7. The molecule has 1 amide bonds. The van der Waals surface area contributed by atoms with Crippen molar-refractivity contribution in [1.82, 2.24) is 14.8 Å². The van der Waals surface area contributed by atoms with Gasteiger partial charge in [0.15, 0.2) is 11.0 Å². The van der Waals surface area contributed by atoms with Crippen molar-refractivity contribution in [3.63, 3.8) is 0 Å². The number of amides is 1. The molecule has 1 heterocycles. The van der Waals surface area contributed by atoms with Gasteiger partial charge in [-0.25, -0.2) is 0 Å². The van der Waals surface area contributed by atoms with Gasteiger partial charge in [0, 0.05) is 22.8 Å². The van der Waals surface area contributed by atoms with Crippen LogP contribution in [0.25, 0.3) is 11.4 Å². The van der Waals surface area contributed by atoms with Gasteiger partial charge in [0.05, 0.1) is 15.8 Å². The number of aromatic nitrogens is 3. The number of rotatable bonds is 5. The van der Waals surface area contributed by atoms with Gasteiger partial charge in [-0.05, 0) is 42.5 Å². The fourth-order valence-electron chi connectivity index (χ4n) is 2.19. The van der Waals surface area contributed by atoms with Crippen LogP contribution in [0, 0.1) is 0 Å². The fourth-order valence-corrected chi connectivity index (χ4v) is 3.46. The van der Waals surface area contributed by atoms with E-state index in [1.165, 1.54) is 11.8 Å². The number of thioether (sulfide) groups is 1. The summed E-state index contributed by atoms with van der Waals surface area (Å²) in [6.07, 6.45) is 0. The molecule has 5 nitrogen and oxygen atoms in total. The van der Waals surface area contributed by atoms with Crippen molar-refractivity contribution in [1.29, 1.82) is 0 Å². The summed E-state index contributed by atoms with van der Waals surface area (Å²) in [5.41, 5.74) is 1.55. The lowest BCUT2D eigenvalue weighted by Gasteiger charge is -2.06. The van der Waals surface area contributed by atoms with Gasteiger partial charge in [0.25, 0.3) is 0 Å². The number of hydrogen-bond donors (Lipinski definition) is 1. The van der Waals surface area contributed by atoms with Crippen LogP contribution in [0.2, 0.25) is 10.0 Å². The molecular formula is C17H13BrCl2N4OS. The summed E-state index contributed by atoms with van der Waals surface area (Å²) in [4.78, 5) is 12.1. The molecule has 0 saturated carbocycles. The zero-order chi connectivity index (χ0) is 18.7. The lowest BCUT2D eigenvalue weighted by molar-refractivity contribution is -0.113. The molecule has 1 N–H and O–H groups in total. The largest absolute Gasteiger partial charge is 0.325 e. The van der Waals surface area contributed by atoms with E-state index in [0.29, 0.717) is 21.0 Å². The fraction of sp³-hybridized carbons (Fsp3) is 0.118. The van der Waals surface area contributed by atoms with Crippen molar-refractivity contribution >= 4 is 62.5 Å². The van der Waals surface area contributed by atoms with Crippen molar-refractivity contribution < 1.29 is 4.79 Å². The van der Waals surface area contributed by atoms with E-state index in [-0.39, 0.29) is 11.7 Å². The molecule has 3 rings (SSSR count). The predicted octanol–water partition coefficient (Wildman–Crippen LogP) is 5.28. The van der Waals surface area contributed by atoms with E-state index in [2.05, 4.69) is 31.4 Å². The quantitative estimate of drug-likeness (QED) is 0.514. The lowest BCUT2D eigenvalue weighted by atomic mass is 10.2. The number of nitrogens with zero attached hydrogens (tertiary/aromatic N) is 3. The third-order valence-corrected chi connectivity index (χ3v) is 5.76. The number of carbonyl (C=O) groups is 1. The van der Waals surface area contributed by atoms with Gasteiger partial charge < -0.3 is 9.88 Å². The van der Waals surface area contributed by atoms with Crippen molar-refractivity contribution in [3.8, 4) is 11.4 Å². The van der Waals surface area contributed by atoms with Crippen LogP contribution in [0.5, 0.6) is 0 Å². The molecule has 9 heteroatoms. The second-order valence-electron chi connectivity index (χ2n) is 5.34. The summed E-state index contributed by atoms with van der Waals surface area (Å²) in [6, 6.07) is 12.7. The van der Waals surface area contributed by atoms with E-state index < -0.39 is 0 Å². The maximum Gasteiger partial charge on any atom is 0.234 e. The van der Waals surface area contributed by atoms with E-state index in [4.69, 9.17) is 23.2 Å². The highest BCUT2D eigenvalue weighted by Gasteiger charge is 2.14. The first-order chi connectivity index (χ1) is 12.4. The van der Waals surface area contributed by atoms with E-state index >= 15 is 0 Å². The third kappa shape index (κ3) is 4.59. The van der Waals surface area contributed by atoms with Gasteiger partial charge in [-0.3, -0.25) is 4.79 Å². The Morgan fingerprint density at radius 2 is 1.88 bits per heavy atom. The first-order valence-corrected chi connectivity index (χ1v) is 10.0. The van der Waals surface area contributed by atoms with E-state index in [0.717, 1.165) is 15.7 Å². The number of carbonyl (C=O) groups excluding carboxylic acids is 1. The Hall–Kier alpha value is -1.54. The van der Waals surface area contributed by atoms with E-state index in [1.807, 2.05) is 41.9 Å². The molecule has 134 valence electrons. The minimum absolute atomic E-state index is 0.114. The molecular weight excluding hydrogens is 459 g/mol. The molecule has 3 aromatic rings. The van der Waals surface area contributed by atoms with Crippen LogP contribution in [0.4, 0.5) is 5.69 Å². The third-order valence-electron chi connectivity index (χ3n) is 3.47. The molecule has 0 saturated heterocycles. The maximum atomic E-state index is 12.1. The number of benzene rings is 2. The zero-order valence-electron chi connectivity index (χ0n) is 13.5. The van der Waals surface area contributed by atoms with Crippen molar-refractivity contribution in [2.45, 2.75) is 5.16 Å². The highest BCUT2D eigenvalue weighted by Crippen LogP contribution is 2.29. The van der Waals surface area contributed by atoms with Gasteiger partial charge in [-0.15, -0.1) is 10.2 Å². The van der Waals surface area contributed by atoms with Crippen molar-refractivity contribution in [2.75, 3.05) is 11.1 Å². The maximum absolute atomic E-state index is 12.1. The average molecular weight is 472 g/mol. The highest BCUT2D eigenvalue weighted by atomic mass is 79.9. The van der Waals surface area contributed by atoms with E-state index in [9.17, 15) is 4.79 Å². The summed E-state index contributed by atoms with van der Waals surface area (Å²) in [6.45, 7) is 0. The molecule has 0 aliphatic heterocycles. The molecule has 26 heavy (non-hydrogen) atoms. The minimum Gasteiger partial charge on any atom is -0.325 e. The second-order valence-corrected chi connectivity index (χ2v) is 8.01. The summed E-state index contributed by atoms with van der Waals surface area (Å²) in [7, 11) is 1.84. The van der Waals surface area contributed by atoms with Crippen LogP contribution in [0.15, 0.2) is 52.1 Å². The standard InChI is InChI=1S/C17H13BrCl2N4OS/c1-24-16(10-2-7-13(19)14(20)8-10)22-23-17(24)26-9-15(25)21-12-5-3-11(18)4-6-12/h2-8H,9H2,1H3,(H,21,25). The number of nitrogens with one attached hydrogen (secondary N) is 1. The second kappa shape index (κ2) is 8.43. The van der Waals surface area contributed by atoms with Crippen LogP contribution < -0.4 is 5.32 Å². The Labute approximate surface area is 173 Å². The molecule has 0 radical (unpaired) electrons. The number of anilines is 1. The van der Waals surface area contributed by atoms with Gasteiger partial charge in [0.1, 0.15) is 0 Å². The molecule has 0 atom stereocenters. The first-order valence-electron chi connectivity index (χ1n) is 7.47. The van der Waals surface area contributed by atoms with Crippen LogP contribution >= 0.6 is 50.9 Å². The van der Waals surface area contributed by atoms with Crippen LogP contribution in [-0.2, 0) is 11.8 Å². The van der Waals surface area contributed by atoms with Crippen molar-refractivity contribution in [2.24, 2.45) is 7.05 Å². The lowest BCUT2D eigenvalue weighted by Crippen LogP contribution is -2.14. The first kappa shape index (κ1) is 19.2. The molecule has 0 spiro atoms. The predicted molar refractivity (Wildman–Crippen MR) is 110 cm³/mol. The highest BCUT2D eigenvalue weighted by molar-refractivity contribution is 9.10. The molecule has 0 aliphatic rings. The number of halogens is 3. The van der Waals surface area contributed by atoms with Crippen LogP contribution in [0.1, 0.15) is 0 Å². The molecule has 2 aromatic carbocycles. The Morgan fingerprint density at radius 1 is 1.15 bits per heavy atom. The van der Waals surface area contributed by atoms with Gasteiger partial charge in [-0.1, -0.05) is 50.9 Å². The smallest absolute Gasteiger partial charge is 0.234 e. The molecule has 0 aliphatic carbocycles. The summed E-state index contributed by atoms with van der Waals surface area (Å²) in [5.74, 6) is 0.763.